The zero-order valence-corrected chi connectivity index (χ0v) is 15.5. The zero-order valence-electron chi connectivity index (χ0n) is 15.5. The van der Waals surface area contributed by atoms with Gasteiger partial charge in [0.05, 0.1) is 12.1 Å². The molecule has 0 radical (unpaired) electrons. The third-order valence-electron chi connectivity index (χ3n) is 5.25. The monoisotopic (exact) mass is 343 g/mol. The first-order valence-corrected chi connectivity index (χ1v) is 9.39. The van der Waals surface area contributed by atoms with E-state index in [0.29, 0.717) is 18.2 Å². The van der Waals surface area contributed by atoms with Crippen LogP contribution in [0, 0.1) is 12.8 Å². The Bertz CT molecular complexity index is 717. The second-order valence-electron chi connectivity index (χ2n) is 7.35. The summed E-state index contributed by atoms with van der Waals surface area (Å²) in [7, 11) is 1.86. The molecule has 2 atom stereocenters. The van der Waals surface area contributed by atoms with Gasteiger partial charge >= 0.3 is 0 Å². The molecule has 25 heavy (non-hydrogen) atoms. The fourth-order valence-corrected chi connectivity index (χ4v) is 3.90. The summed E-state index contributed by atoms with van der Waals surface area (Å²) in [6.45, 7) is 4.18. The second kappa shape index (κ2) is 7.85. The number of nitrogens with one attached hydrogen (secondary N) is 2. The zero-order chi connectivity index (χ0) is 17.8. The Kier molecular flexibility index (Phi) is 5.56. The van der Waals surface area contributed by atoms with Crippen LogP contribution in [-0.2, 0) is 18.3 Å². The topological polar surface area (TPSA) is 75.6 Å². The predicted octanol–water partition coefficient (Wildman–Crippen LogP) is 3.71. The van der Waals surface area contributed by atoms with Crippen molar-refractivity contribution in [1.82, 2.24) is 20.0 Å². The standard InChI is InChI=1S/C19H29N5O/c1-4-5-6-14-7-8-15(10-14)17-12-18(22-21-17)20-19(25)11-16-9-13(2)23-24(16)3/h9,12,14-15H,4-8,10-11H2,1-3H3,(H2,20,21,22,25)/t14-,15+/m1/s1. The van der Waals surface area contributed by atoms with E-state index >= 15 is 0 Å². The Morgan fingerprint density at radius 2 is 2.24 bits per heavy atom. The maximum atomic E-state index is 12.2. The summed E-state index contributed by atoms with van der Waals surface area (Å²) in [6, 6.07) is 3.93. The molecule has 0 unspecified atom stereocenters. The van der Waals surface area contributed by atoms with Crippen LogP contribution in [0.25, 0.3) is 0 Å². The molecule has 1 aliphatic carbocycles. The highest BCUT2D eigenvalue weighted by molar-refractivity contribution is 5.91. The van der Waals surface area contributed by atoms with E-state index in [1.54, 1.807) is 4.68 Å². The van der Waals surface area contributed by atoms with Gasteiger partial charge in [-0.15, -0.1) is 0 Å². The van der Waals surface area contributed by atoms with Gasteiger partial charge in [0.15, 0.2) is 5.82 Å². The number of aromatic amines is 1. The number of anilines is 1. The van der Waals surface area contributed by atoms with Gasteiger partial charge < -0.3 is 5.32 Å². The first-order valence-electron chi connectivity index (χ1n) is 9.39. The van der Waals surface area contributed by atoms with Crippen molar-refractivity contribution in [3.63, 3.8) is 0 Å². The van der Waals surface area contributed by atoms with Crippen molar-refractivity contribution >= 4 is 11.7 Å². The SMILES string of the molecule is CCCC[C@@H]1CC[C@H](c2cc(NC(=O)Cc3cc(C)nn3C)n[nH]2)C1. The fourth-order valence-electron chi connectivity index (χ4n) is 3.90. The molecule has 2 N–H and O–H groups in total. The smallest absolute Gasteiger partial charge is 0.231 e. The summed E-state index contributed by atoms with van der Waals surface area (Å²) >= 11 is 0. The maximum Gasteiger partial charge on any atom is 0.231 e. The lowest BCUT2D eigenvalue weighted by Crippen LogP contribution is -2.16. The minimum absolute atomic E-state index is 0.0618. The van der Waals surface area contributed by atoms with Gasteiger partial charge in [-0.05, 0) is 38.2 Å². The predicted molar refractivity (Wildman–Crippen MR) is 98.5 cm³/mol. The molecule has 3 rings (SSSR count). The Morgan fingerprint density at radius 1 is 1.40 bits per heavy atom. The Labute approximate surface area is 149 Å². The molecule has 0 spiro atoms. The van der Waals surface area contributed by atoms with Crippen molar-refractivity contribution in [2.75, 3.05) is 5.32 Å². The number of hydrogen-bond donors (Lipinski definition) is 2. The molecular weight excluding hydrogens is 314 g/mol. The van der Waals surface area contributed by atoms with Gasteiger partial charge in [0.25, 0.3) is 0 Å². The largest absolute Gasteiger partial charge is 0.309 e. The molecule has 1 amide bonds. The summed E-state index contributed by atoms with van der Waals surface area (Å²) in [5.41, 5.74) is 2.98. The first-order chi connectivity index (χ1) is 12.0. The third-order valence-corrected chi connectivity index (χ3v) is 5.25. The number of rotatable bonds is 7. The lowest BCUT2D eigenvalue weighted by atomic mass is 9.98. The molecule has 2 heterocycles. The molecule has 136 valence electrons. The Morgan fingerprint density at radius 3 is 2.96 bits per heavy atom. The van der Waals surface area contributed by atoms with Gasteiger partial charge in [-0.3, -0.25) is 14.6 Å². The summed E-state index contributed by atoms with van der Waals surface area (Å²) in [6.07, 6.45) is 8.02. The Hall–Kier alpha value is -2.11. The fraction of sp³-hybridized carbons (Fsp3) is 0.632. The van der Waals surface area contributed by atoms with Crippen molar-refractivity contribution in [2.45, 2.75) is 64.7 Å². The highest BCUT2D eigenvalue weighted by Gasteiger charge is 2.26. The lowest BCUT2D eigenvalue weighted by Gasteiger charge is -2.09. The summed E-state index contributed by atoms with van der Waals surface area (Å²) in [5.74, 6) is 1.96. The van der Waals surface area contributed by atoms with Crippen LogP contribution in [0.2, 0.25) is 0 Å². The van der Waals surface area contributed by atoms with Gasteiger partial charge in [-0.2, -0.15) is 10.2 Å². The van der Waals surface area contributed by atoms with Crippen molar-refractivity contribution in [1.29, 1.82) is 0 Å². The number of unbranched alkanes of at least 4 members (excludes halogenated alkanes) is 1. The highest BCUT2D eigenvalue weighted by Crippen LogP contribution is 2.40. The second-order valence-corrected chi connectivity index (χ2v) is 7.35. The normalized spacial score (nSPS) is 20.1. The highest BCUT2D eigenvalue weighted by atomic mass is 16.1. The summed E-state index contributed by atoms with van der Waals surface area (Å²) in [4.78, 5) is 12.2. The van der Waals surface area contributed by atoms with Crippen LogP contribution in [-0.4, -0.2) is 25.9 Å². The minimum Gasteiger partial charge on any atom is -0.309 e. The number of aromatic nitrogens is 4. The van der Waals surface area contributed by atoms with Crippen LogP contribution >= 0.6 is 0 Å². The minimum atomic E-state index is -0.0618. The van der Waals surface area contributed by atoms with Crippen molar-refractivity contribution in [3.05, 3.63) is 29.2 Å². The molecular formula is C19H29N5O. The molecule has 2 aromatic heterocycles. The van der Waals surface area contributed by atoms with Crippen molar-refractivity contribution in [3.8, 4) is 0 Å². The van der Waals surface area contributed by atoms with Crippen molar-refractivity contribution in [2.24, 2.45) is 13.0 Å². The summed E-state index contributed by atoms with van der Waals surface area (Å²) in [5, 5.41) is 14.6. The first kappa shape index (κ1) is 17.7. The molecule has 1 saturated carbocycles. The van der Waals surface area contributed by atoms with E-state index < -0.39 is 0 Å². The van der Waals surface area contributed by atoms with E-state index in [-0.39, 0.29) is 5.91 Å². The quantitative estimate of drug-likeness (QED) is 0.805. The van der Waals surface area contributed by atoms with Gasteiger partial charge in [0, 0.05) is 30.4 Å². The van der Waals surface area contributed by atoms with E-state index in [9.17, 15) is 4.79 Å². The van der Waals surface area contributed by atoms with Gasteiger partial charge in [-0.25, -0.2) is 0 Å². The van der Waals surface area contributed by atoms with E-state index in [2.05, 4.69) is 27.5 Å². The number of amides is 1. The molecule has 1 fully saturated rings. The molecule has 1 aliphatic rings. The molecule has 0 saturated heterocycles. The van der Waals surface area contributed by atoms with Crippen LogP contribution < -0.4 is 5.32 Å². The van der Waals surface area contributed by atoms with E-state index in [1.807, 2.05) is 26.1 Å². The number of carbonyl (C=O) groups excluding carboxylic acids is 1. The average molecular weight is 343 g/mol. The van der Waals surface area contributed by atoms with Gasteiger partial charge in [0.2, 0.25) is 5.91 Å². The van der Waals surface area contributed by atoms with Gasteiger partial charge in [0.1, 0.15) is 0 Å². The van der Waals surface area contributed by atoms with Crippen LogP contribution in [0.3, 0.4) is 0 Å². The number of hydrogen-bond acceptors (Lipinski definition) is 3. The van der Waals surface area contributed by atoms with Crippen LogP contribution in [0.1, 0.15) is 68.4 Å². The number of carbonyl (C=O) groups is 1. The van der Waals surface area contributed by atoms with Crippen LogP contribution in [0.5, 0.6) is 0 Å². The van der Waals surface area contributed by atoms with Crippen LogP contribution in [0.4, 0.5) is 5.82 Å². The van der Waals surface area contributed by atoms with E-state index in [0.717, 1.165) is 23.0 Å². The average Bonchev–Trinajstić information content (AvgIpc) is 3.26. The van der Waals surface area contributed by atoms with Crippen molar-refractivity contribution < 1.29 is 4.79 Å². The van der Waals surface area contributed by atoms with Crippen LogP contribution in [0.15, 0.2) is 12.1 Å². The lowest BCUT2D eigenvalue weighted by molar-refractivity contribution is -0.115. The molecule has 0 aliphatic heterocycles. The Balaban J connectivity index is 1.53. The number of H-pyrrole nitrogens is 1. The molecule has 0 bridgehead atoms. The molecule has 6 heteroatoms. The number of nitrogens with zero attached hydrogens (tertiary/aromatic N) is 3. The molecule has 0 aromatic carbocycles. The summed E-state index contributed by atoms with van der Waals surface area (Å²) < 4.78 is 1.75. The van der Waals surface area contributed by atoms with E-state index in [4.69, 9.17) is 0 Å². The van der Waals surface area contributed by atoms with Gasteiger partial charge in [-0.1, -0.05) is 26.2 Å². The molecule has 2 aromatic rings. The molecule has 6 nitrogen and oxygen atoms in total. The maximum absolute atomic E-state index is 12.2. The van der Waals surface area contributed by atoms with E-state index in [1.165, 1.54) is 38.5 Å². The number of aryl methyl sites for hydroxylation is 2. The third kappa shape index (κ3) is 4.50.